The van der Waals surface area contributed by atoms with Gasteiger partial charge in [-0.3, -0.25) is 9.69 Å². The molecule has 0 unspecified atom stereocenters. The van der Waals surface area contributed by atoms with Crippen LogP contribution in [0.1, 0.15) is 12.0 Å². The Bertz CT molecular complexity index is 484. The van der Waals surface area contributed by atoms with Gasteiger partial charge in [-0.2, -0.15) is 0 Å². The molecule has 0 saturated carbocycles. The van der Waals surface area contributed by atoms with Crippen molar-refractivity contribution >= 4 is 17.7 Å². The summed E-state index contributed by atoms with van der Waals surface area (Å²) in [7, 11) is 0. The maximum atomic E-state index is 11.4. The summed E-state index contributed by atoms with van der Waals surface area (Å²) < 4.78 is 0. The number of carbonyl (C=O) groups is 1. The van der Waals surface area contributed by atoms with Gasteiger partial charge in [-0.15, -0.1) is 11.8 Å². The highest BCUT2D eigenvalue weighted by atomic mass is 32.2. The van der Waals surface area contributed by atoms with Crippen LogP contribution in [0.2, 0.25) is 0 Å². The normalized spacial score (nSPS) is 20.6. The second kappa shape index (κ2) is 5.16. The topological polar surface area (TPSA) is 32.3 Å². The quantitative estimate of drug-likeness (QED) is 0.882. The number of benzene rings is 1. The van der Waals surface area contributed by atoms with E-state index >= 15 is 0 Å². The van der Waals surface area contributed by atoms with Gasteiger partial charge in [0.15, 0.2) is 0 Å². The Morgan fingerprint density at radius 2 is 2.11 bits per heavy atom. The predicted molar refractivity (Wildman–Crippen MR) is 74.0 cm³/mol. The zero-order valence-electron chi connectivity index (χ0n) is 10.2. The smallest absolute Gasteiger partial charge is 0.234 e. The van der Waals surface area contributed by atoms with E-state index < -0.39 is 0 Å². The minimum atomic E-state index is 0.139. The van der Waals surface area contributed by atoms with Gasteiger partial charge in [0.05, 0.1) is 5.75 Å². The number of carbonyl (C=O) groups excluding carboxylic acids is 1. The van der Waals surface area contributed by atoms with E-state index in [4.69, 9.17) is 0 Å². The highest BCUT2D eigenvalue weighted by Gasteiger charge is 2.24. The first-order valence-electron chi connectivity index (χ1n) is 6.22. The molecule has 1 aromatic carbocycles. The Morgan fingerprint density at radius 3 is 2.94 bits per heavy atom. The Balaban J connectivity index is 1.68. The van der Waals surface area contributed by atoms with Crippen LogP contribution in [-0.2, 0) is 11.3 Å². The number of nitrogens with one attached hydrogen (secondary N) is 1. The lowest BCUT2D eigenvalue weighted by Crippen LogP contribution is -2.40. The Hall–Kier alpha value is -1.26. The molecule has 1 aromatic rings. The molecule has 0 aliphatic carbocycles. The van der Waals surface area contributed by atoms with Gasteiger partial charge in [0.2, 0.25) is 5.91 Å². The maximum absolute atomic E-state index is 11.4. The molecule has 3 rings (SSSR count). The van der Waals surface area contributed by atoms with Crippen LogP contribution in [-0.4, -0.2) is 29.6 Å². The Kier molecular flexibility index (Phi) is 3.39. The molecule has 94 valence electrons. The van der Waals surface area contributed by atoms with Crippen molar-refractivity contribution in [2.45, 2.75) is 13.0 Å². The lowest BCUT2D eigenvalue weighted by molar-refractivity contribution is -0.118. The number of hydrogen-bond donors (Lipinski definition) is 1. The molecule has 1 amide bonds. The molecule has 0 spiro atoms. The lowest BCUT2D eigenvalue weighted by atomic mass is 10.1. The van der Waals surface area contributed by atoms with Gasteiger partial charge in [0, 0.05) is 30.2 Å². The van der Waals surface area contributed by atoms with E-state index in [2.05, 4.69) is 34.5 Å². The van der Waals surface area contributed by atoms with Crippen molar-refractivity contribution in [1.29, 1.82) is 0 Å². The van der Waals surface area contributed by atoms with Gasteiger partial charge in [0.25, 0.3) is 0 Å². The molecule has 4 heteroatoms. The molecule has 2 aliphatic heterocycles. The largest absolute Gasteiger partial charge is 0.327 e. The van der Waals surface area contributed by atoms with E-state index in [-0.39, 0.29) is 5.91 Å². The van der Waals surface area contributed by atoms with Gasteiger partial charge >= 0.3 is 0 Å². The first-order valence-corrected chi connectivity index (χ1v) is 7.21. The molecule has 1 N–H and O–H groups in total. The molecular weight excluding hydrogens is 244 g/mol. The van der Waals surface area contributed by atoms with Crippen molar-refractivity contribution in [2.24, 2.45) is 0 Å². The van der Waals surface area contributed by atoms with Gasteiger partial charge in [-0.1, -0.05) is 30.3 Å². The van der Waals surface area contributed by atoms with E-state index in [0.29, 0.717) is 5.75 Å². The number of nitrogens with zero attached hydrogens (tertiary/aromatic N) is 1. The fourth-order valence-corrected chi connectivity index (χ4v) is 3.31. The van der Waals surface area contributed by atoms with Gasteiger partial charge < -0.3 is 5.32 Å². The molecule has 2 aliphatic rings. The zero-order chi connectivity index (χ0) is 12.4. The van der Waals surface area contributed by atoms with E-state index in [1.54, 1.807) is 11.8 Å². The van der Waals surface area contributed by atoms with Crippen LogP contribution in [0.15, 0.2) is 40.9 Å². The second-order valence-electron chi connectivity index (χ2n) is 4.68. The average molecular weight is 260 g/mol. The SMILES string of the molecule is O=C1CSC2=C(CN(Cc3ccccc3)CC2)N1. The van der Waals surface area contributed by atoms with E-state index in [0.717, 1.165) is 31.8 Å². The number of hydrogen-bond acceptors (Lipinski definition) is 3. The third-order valence-corrected chi connectivity index (χ3v) is 4.50. The molecule has 0 radical (unpaired) electrons. The van der Waals surface area contributed by atoms with Crippen LogP contribution >= 0.6 is 11.8 Å². The molecule has 0 bridgehead atoms. The number of thioether (sulfide) groups is 1. The van der Waals surface area contributed by atoms with Crippen molar-refractivity contribution in [2.75, 3.05) is 18.8 Å². The highest BCUT2D eigenvalue weighted by Crippen LogP contribution is 2.30. The van der Waals surface area contributed by atoms with Crippen molar-refractivity contribution in [1.82, 2.24) is 10.2 Å². The first-order chi connectivity index (χ1) is 8.81. The standard InChI is InChI=1S/C14H16N2OS/c17-14-10-18-13-6-7-16(9-12(13)15-14)8-11-4-2-1-3-5-11/h1-5H,6-10H2,(H,15,17). The summed E-state index contributed by atoms with van der Waals surface area (Å²) >= 11 is 1.70. The highest BCUT2D eigenvalue weighted by molar-refractivity contribution is 8.03. The summed E-state index contributed by atoms with van der Waals surface area (Å²) in [6, 6.07) is 10.5. The monoisotopic (exact) mass is 260 g/mol. The van der Waals surface area contributed by atoms with Crippen LogP contribution in [0.25, 0.3) is 0 Å². The van der Waals surface area contributed by atoms with Crippen molar-refractivity contribution in [3.05, 3.63) is 46.5 Å². The molecule has 2 heterocycles. The van der Waals surface area contributed by atoms with E-state index in [1.807, 2.05) is 6.07 Å². The summed E-state index contributed by atoms with van der Waals surface area (Å²) in [6.45, 7) is 2.90. The van der Waals surface area contributed by atoms with Crippen LogP contribution in [0, 0.1) is 0 Å². The van der Waals surface area contributed by atoms with Crippen LogP contribution < -0.4 is 5.32 Å². The molecule has 18 heavy (non-hydrogen) atoms. The van der Waals surface area contributed by atoms with Gasteiger partial charge in [-0.05, 0) is 12.0 Å². The van der Waals surface area contributed by atoms with Crippen LogP contribution in [0.4, 0.5) is 0 Å². The van der Waals surface area contributed by atoms with Gasteiger partial charge in [-0.25, -0.2) is 0 Å². The number of amides is 1. The van der Waals surface area contributed by atoms with Gasteiger partial charge in [0.1, 0.15) is 0 Å². The van der Waals surface area contributed by atoms with Crippen molar-refractivity contribution in [3.63, 3.8) is 0 Å². The fourth-order valence-electron chi connectivity index (χ4n) is 2.40. The van der Waals surface area contributed by atoms with E-state index in [9.17, 15) is 4.79 Å². The third kappa shape index (κ3) is 2.60. The average Bonchev–Trinajstić information content (AvgIpc) is 2.39. The summed E-state index contributed by atoms with van der Waals surface area (Å²) in [5.74, 6) is 0.720. The molecule has 0 fully saturated rings. The molecule has 0 atom stereocenters. The molecule has 3 nitrogen and oxygen atoms in total. The summed E-state index contributed by atoms with van der Waals surface area (Å²) in [5.41, 5.74) is 2.45. The molecular formula is C14H16N2OS. The van der Waals surface area contributed by atoms with Crippen LogP contribution in [0.5, 0.6) is 0 Å². The Labute approximate surface area is 111 Å². The van der Waals surface area contributed by atoms with Crippen molar-refractivity contribution in [3.8, 4) is 0 Å². The third-order valence-electron chi connectivity index (χ3n) is 3.29. The van der Waals surface area contributed by atoms with Crippen LogP contribution in [0.3, 0.4) is 0 Å². The summed E-state index contributed by atoms with van der Waals surface area (Å²) in [4.78, 5) is 15.2. The first kappa shape index (κ1) is 11.8. The van der Waals surface area contributed by atoms with E-state index in [1.165, 1.54) is 10.5 Å². The summed E-state index contributed by atoms with van der Waals surface area (Å²) in [5, 5.41) is 3.01. The zero-order valence-corrected chi connectivity index (χ0v) is 11.0. The number of rotatable bonds is 2. The Morgan fingerprint density at radius 1 is 1.28 bits per heavy atom. The fraction of sp³-hybridized carbons (Fsp3) is 0.357. The maximum Gasteiger partial charge on any atom is 0.234 e. The predicted octanol–water partition coefficient (Wildman–Crippen LogP) is 1.97. The minimum absolute atomic E-state index is 0.139. The summed E-state index contributed by atoms with van der Waals surface area (Å²) in [6.07, 6.45) is 1.06. The molecule has 0 saturated heterocycles. The van der Waals surface area contributed by atoms with Crippen molar-refractivity contribution < 1.29 is 4.79 Å². The molecule has 0 aromatic heterocycles. The second-order valence-corrected chi connectivity index (χ2v) is 5.75. The lowest BCUT2D eigenvalue weighted by Gasteiger charge is -2.32. The minimum Gasteiger partial charge on any atom is -0.327 e.